The van der Waals surface area contributed by atoms with Gasteiger partial charge < -0.3 is 14.8 Å². The summed E-state index contributed by atoms with van der Waals surface area (Å²) < 4.78 is 23.7. The van der Waals surface area contributed by atoms with Gasteiger partial charge in [0.2, 0.25) is 6.10 Å². The van der Waals surface area contributed by atoms with Gasteiger partial charge in [-0.15, -0.1) is 0 Å². The fourth-order valence-corrected chi connectivity index (χ4v) is 2.75. The summed E-state index contributed by atoms with van der Waals surface area (Å²) in [5.41, 5.74) is 1.65. The van der Waals surface area contributed by atoms with E-state index in [0.717, 1.165) is 0 Å². The summed E-state index contributed by atoms with van der Waals surface area (Å²) >= 11 is 0. The molecule has 0 radical (unpaired) electrons. The van der Waals surface area contributed by atoms with Crippen LogP contribution >= 0.6 is 0 Å². The molecular weight excluding hydrogens is 373 g/mol. The molecule has 148 valence electrons. The Balaban J connectivity index is 1.76. The van der Waals surface area contributed by atoms with Crippen molar-refractivity contribution in [3.63, 3.8) is 0 Å². The van der Waals surface area contributed by atoms with Crippen molar-refractivity contribution in [3.05, 3.63) is 95.8 Å². The molecule has 5 nitrogen and oxygen atoms in total. The number of halogens is 1. The summed E-state index contributed by atoms with van der Waals surface area (Å²) in [6.45, 7) is 0. The van der Waals surface area contributed by atoms with E-state index >= 15 is 0 Å². The SMILES string of the molecule is COc1cccc(NC(=O)[C@@H](OC(=O)Cc2ccc(F)cc2)c2ccccc2)c1. The van der Waals surface area contributed by atoms with Gasteiger partial charge in [0, 0.05) is 17.3 Å². The van der Waals surface area contributed by atoms with E-state index in [2.05, 4.69) is 5.32 Å². The highest BCUT2D eigenvalue weighted by Crippen LogP contribution is 2.23. The lowest BCUT2D eigenvalue weighted by molar-refractivity contribution is -0.154. The van der Waals surface area contributed by atoms with Gasteiger partial charge in [-0.2, -0.15) is 0 Å². The Morgan fingerprint density at radius 2 is 1.69 bits per heavy atom. The zero-order chi connectivity index (χ0) is 20.6. The van der Waals surface area contributed by atoms with Gasteiger partial charge in [0.05, 0.1) is 13.5 Å². The first kappa shape index (κ1) is 20.1. The Labute approximate surface area is 168 Å². The van der Waals surface area contributed by atoms with Crippen LogP contribution < -0.4 is 10.1 Å². The normalized spacial score (nSPS) is 11.4. The number of anilines is 1. The van der Waals surface area contributed by atoms with Gasteiger partial charge in [0.25, 0.3) is 5.91 Å². The number of carbonyl (C=O) groups excluding carboxylic acids is 2. The standard InChI is InChI=1S/C23H20FNO4/c1-28-20-9-5-8-19(15-20)25-23(27)22(17-6-3-2-4-7-17)29-21(26)14-16-10-12-18(24)13-11-16/h2-13,15,22H,14H2,1H3,(H,25,27)/t22-/m0/s1. The minimum Gasteiger partial charge on any atom is -0.497 e. The Hall–Kier alpha value is -3.67. The van der Waals surface area contributed by atoms with Gasteiger partial charge in [-0.3, -0.25) is 9.59 Å². The zero-order valence-electron chi connectivity index (χ0n) is 15.8. The molecule has 1 N–H and O–H groups in total. The van der Waals surface area contributed by atoms with Gasteiger partial charge >= 0.3 is 5.97 Å². The summed E-state index contributed by atoms with van der Waals surface area (Å²) in [5, 5.41) is 2.75. The molecule has 3 aromatic rings. The molecule has 6 heteroatoms. The first-order valence-corrected chi connectivity index (χ1v) is 8.99. The molecule has 0 heterocycles. The number of hydrogen-bond donors (Lipinski definition) is 1. The average Bonchev–Trinajstić information content (AvgIpc) is 2.74. The van der Waals surface area contributed by atoms with Gasteiger partial charge in [0.15, 0.2) is 0 Å². The Morgan fingerprint density at radius 3 is 2.38 bits per heavy atom. The maximum Gasteiger partial charge on any atom is 0.311 e. The molecule has 0 aliphatic heterocycles. The van der Waals surface area contributed by atoms with E-state index in [0.29, 0.717) is 22.6 Å². The van der Waals surface area contributed by atoms with E-state index in [-0.39, 0.29) is 12.2 Å². The third kappa shape index (κ3) is 5.65. The van der Waals surface area contributed by atoms with Crippen LogP contribution in [0.3, 0.4) is 0 Å². The van der Waals surface area contributed by atoms with Crippen LogP contribution in [0, 0.1) is 5.82 Å². The van der Waals surface area contributed by atoms with Crippen molar-refractivity contribution < 1.29 is 23.5 Å². The van der Waals surface area contributed by atoms with Gasteiger partial charge in [0.1, 0.15) is 11.6 Å². The summed E-state index contributed by atoms with van der Waals surface area (Å²) in [5.74, 6) is -0.877. The molecular formula is C23H20FNO4. The topological polar surface area (TPSA) is 64.6 Å². The van der Waals surface area contributed by atoms with E-state index in [9.17, 15) is 14.0 Å². The number of methoxy groups -OCH3 is 1. The highest BCUT2D eigenvalue weighted by molar-refractivity contribution is 5.96. The number of amides is 1. The number of nitrogens with one attached hydrogen (secondary N) is 1. The van der Waals surface area contributed by atoms with Crippen molar-refractivity contribution in [3.8, 4) is 5.75 Å². The zero-order valence-corrected chi connectivity index (χ0v) is 15.8. The van der Waals surface area contributed by atoms with Crippen molar-refractivity contribution in [2.24, 2.45) is 0 Å². The molecule has 0 fully saturated rings. The molecule has 0 saturated carbocycles. The molecule has 0 aliphatic carbocycles. The Morgan fingerprint density at radius 1 is 0.966 bits per heavy atom. The second kappa shape index (κ2) is 9.50. The minimum absolute atomic E-state index is 0.0734. The first-order valence-electron chi connectivity index (χ1n) is 8.99. The molecule has 3 aromatic carbocycles. The van der Waals surface area contributed by atoms with Gasteiger partial charge in [-0.1, -0.05) is 48.5 Å². The van der Waals surface area contributed by atoms with Crippen molar-refractivity contribution >= 4 is 17.6 Å². The van der Waals surface area contributed by atoms with Crippen molar-refractivity contribution in [2.45, 2.75) is 12.5 Å². The van der Waals surface area contributed by atoms with Crippen LogP contribution in [0.1, 0.15) is 17.2 Å². The fraction of sp³-hybridized carbons (Fsp3) is 0.130. The molecule has 0 aromatic heterocycles. The summed E-state index contributed by atoms with van der Waals surface area (Å²) in [6.07, 6.45) is -1.20. The van der Waals surface area contributed by atoms with Crippen molar-refractivity contribution in [1.82, 2.24) is 0 Å². The average molecular weight is 393 g/mol. The molecule has 3 rings (SSSR count). The fourth-order valence-electron chi connectivity index (χ4n) is 2.75. The van der Waals surface area contributed by atoms with Gasteiger partial charge in [-0.05, 0) is 29.8 Å². The summed E-state index contributed by atoms with van der Waals surface area (Å²) in [4.78, 5) is 25.3. The predicted octanol–water partition coefficient (Wildman–Crippen LogP) is 4.30. The molecule has 1 atom stereocenters. The van der Waals surface area contributed by atoms with E-state index in [1.165, 1.54) is 31.4 Å². The maximum absolute atomic E-state index is 13.0. The molecule has 29 heavy (non-hydrogen) atoms. The van der Waals surface area contributed by atoms with Crippen LogP contribution in [0.4, 0.5) is 10.1 Å². The van der Waals surface area contributed by atoms with E-state index in [1.54, 1.807) is 54.6 Å². The molecule has 0 spiro atoms. The molecule has 0 saturated heterocycles. The monoisotopic (exact) mass is 393 g/mol. The minimum atomic E-state index is -1.13. The van der Waals surface area contributed by atoms with Crippen LogP contribution in [0.25, 0.3) is 0 Å². The molecule has 0 unspecified atom stereocenters. The smallest absolute Gasteiger partial charge is 0.311 e. The third-order valence-corrected chi connectivity index (χ3v) is 4.19. The number of hydrogen-bond acceptors (Lipinski definition) is 4. The first-order chi connectivity index (χ1) is 14.0. The molecule has 1 amide bonds. The van der Waals surface area contributed by atoms with Crippen LogP contribution in [-0.2, 0) is 20.7 Å². The van der Waals surface area contributed by atoms with E-state index < -0.39 is 18.0 Å². The number of benzene rings is 3. The number of carbonyl (C=O) groups is 2. The van der Waals surface area contributed by atoms with Gasteiger partial charge in [-0.25, -0.2) is 4.39 Å². The van der Waals surface area contributed by atoms with Crippen LogP contribution in [0.5, 0.6) is 5.75 Å². The quantitative estimate of drug-likeness (QED) is 0.608. The Kier molecular flexibility index (Phi) is 6.58. The second-order valence-corrected chi connectivity index (χ2v) is 6.31. The third-order valence-electron chi connectivity index (χ3n) is 4.19. The van der Waals surface area contributed by atoms with Crippen LogP contribution in [0.2, 0.25) is 0 Å². The highest BCUT2D eigenvalue weighted by Gasteiger charge is 2.25. The summed E-state index contributed by atoms with van der Waals surface area (Å²) in [6, 6.07) is 21.2. The van der Waals surface area contributed by atoms with E-state index in [1.807, 2.05) is 0 Å². The van der Waals surface area contributed by atoms with Crippen LogP contribution in [-0.4, -0.2) is 19.0 Å². The van der Waals surface area contributed by atoms with Crippen molar-refractivity contribution in [1.29, 1.82) is 0 Å². The molecule has 0 aliphatic rings. The lowest BCUT2D eigenvalue weighted by Gasteiger charge is -2.18. The van der Waals surface area contributed by atoms with E-state index in [4.69, 9.17) is 9.47 Å². The lowest BCUT2D eigenvalue weighted by atomic mass is 10.1. The number of ether oxygens (including phenoxy) is 2. The summed E-state index contributed by atoms with van der Waals surface area (Å²) in [7, 11) is 1.53. The van der Waals surface area contributed by atoms with Crippen molar-refractivity contribution in [2.75, 3.05) is 12.4 Å². The highest BCUT2D eigenvalue weighted by atomic mass is 19.1. The second-order valence-electron chi connectivity index (χ2n) is 6.31. The number of esters is 1. The maximum atomic E-state index is 13.0. The Bertz CT molecular complexity index is 974. The van der Waals surface area contributed by atoms with Crippen LogP contribution in [0.15, 0.2) is 78.9 Å². The largest absolute Gasteiger partial charge is 0.497 e. The lowest BCUT2D eigenvalue weighted by Crippen LogP contribution is -2.26. The predicted molar refractivity (Wildman–Crippen MR) is 107 cm³/mol. The number of rotatable bonds is 7. The molecule has 0 bridgehead atoms.